The van der Waals surface area contributed by atoms with E-state index < -0.39 is 28.6 Å². The fourth-order valence-corrected chi connectivity index (χ4v) is 10.2. The Balaban J connectivity index is 1.70. The third kappa shape index (κ3) is 3.44. The molecule has 0 bridgehead atoms. The number of carbonyl (C=O) groups excluding carboxylic acids is 1. The molecule has 3 N–H and O–H groups in total. The molecule has 4 fully saturated rings. The van der Waals surface area contributed by atoms with Crippen LogP contribution >= 0.6 is 0 Å². The number of allylic oxidation sites excluding steroid dienone is 2. The summed E-state index contributed by atoms with van der Waals surface area (Å²) in [5.41, 5.74) is -0.809. The standard InChI is InChI=1S/C30H50O4/c1-18(2)10-9-13-29(7,34)22-11-15-28(6)20-16-21(31)25-26(3,4)23(32)12-14-27(25,5)19(20)17-24(33)30(22,28)8/h10,19-22,24-25,31,33-34H,9,11-17H2,1-8H3/t19?,20?,21-,22?,24?,25?,27?,28-,29?,30?/m0/s1. The van der Waals surface area contributed by atoms with Gasteiger partial charge in [0.05, 0.1) is 17.8 Å². The zero-order chi connectivity index (χ0) is 25.5. The van der Waals surface area contributed by atoms with Crippen molar-refractivity contribution in [3.8, 4) is 0 Å². The van der Waals surface area contributed by atoms with Gasteiger partial charge in [-0.3, -0.25) is 4.79 Å². The van der Waals surface area contributed by atoms with Crippen LogP contribution in [-0.4, -0.2) is 38.9 Å². The Hall–Kier alpha value is -0.710. The molecule has 4 saturated carbocycles. The van der Waals surface area contributed by atoms with Gasteiger partial charge in [-0.05, 0) is 94.3 Å². The minimum atomic E-state index is -0.842. The van der Waals surface area contributed by atoms with E-state index in [1.54, 1.807) is 0 Å². The smallest absolute Gasteiger partial charge is 0.138 e. The zero-order valence-electron chi connectivity index (χ0n) is 22.9. The van der Waals surface area contributed by atoms with Crippen LogP contribution in [0.25, 0.3) is 0 Å². The van der Waals surface area contributed by atoms with Crippen LogP contribution in [0, 0.1) is 45.3 Å². The van der Waals surface area contributed by atoms with E-state index in [0.717, 1.165) is 25.7 Å². The Morgan fingerprint density at radius 2 is 1.71 bits per heavy atom. The molecule has 4 aliphatic carbocycles. The highest BCUT2D eigenvalue weighted by Crippen LogP contribution is 2.74. The highest BCUT2D eigenvalue weighted by Gasteiger charge is 2.72. The van der Waals surface area contributed by atoms with Crippen LogP contribution in [0.2, 0.25) is 0 Å². The Bertz CT molecular complexity index is 854. The fourth-order valence-electron chi connectivity index (χ4n) is 10.2. The number of Topliss-reactive ketones (excluding diaryl/α,β-unsaturated/α-hetero) is 1. The largest absolute Gasteiger partial charge is 0.393 e. The van der Waals surface area contributed by atoms with E-state index in [1.165, 1.54) is 5.57 Å². The molecule has 4 nitrogen and oxygen atoms in total. The van der Waals surface area contributed by atoms with E-state index in [9.17, 15) is 20.1 Å². The number of hydrogen-bond donors (Lipinski definition) is 3. The van der Waals surface area contributed by atoms with Gasteiger partial charge in [-0.1, -0.05) is 46.3 Å². The summed E-state index contributed by atoms with van der Waals surface area (Å²) in [6.07, 6.45) is 7.43. The van der Waals surface area contributed by atoms with Crippen LogP contribution in [0.5, 0.6) is 0 Å². The van der Waals surface area contributed by atoms with Gasteiger partial charge in [0, 0.05) is 23.2 Å². The number of carbonyl (C=O) groups is 1. The Labute approximate surface area is 207 Å². The molecule has 0 aromatic carbocycles. The molecule has 4 heteroatoms. The molecule has 4 rings (SSSR count). The molecule has 34 heavy (non-hydrogen) atoms. The van der Waals surface area contributed by atoms with Crippen LogP contribution in [0.15, 0.2) is 11.6 Å². The molecule has 10 atom stereocenters. The summed E-state index contributed by atoms with van der Waals surface area (Å²) in [5, 5.41) is 35.2. The molecule has 0 aromatic rings. The summed E-state index contributed by atoms with van der Waals surface area (Å²) >= 11 is 0. The second-order valence-electron chi connectivity index (χ2n) is 14.4. The van der Waals surface area contributed by atoms with Crippen molar-refractivity contribution < 1.29 is 20.1 Å². The van der Waals surface area contributed by atoms with Crippen molar-refractivity contribution in [2.24, 2.45) is 45.3 Å². The van der Waals surface area contributed by atoms with Gasteiger partial charge in [-0.15, -0.1) is 0 Å². The fraction of sp³-hybridized carbons (Fsp3) is 0.900. The summed E-state index contributed by atoms with van der Waals surface area (Å²) in [6.45, 7) is 17.1. The second kappa shape index (κ2) is 8.15. The lowest BCUT2D eigenvalue weighted by atomic mass is 9.37. The lowest BCUT2D eigenvalue weighted by Crippen LogP contribution is -2.68. The van der Waals surface area contributed by atoms with Crippen molar-refractivity contribution in [3.63, 3.8) is 0 Å². The molecule has 0 heterocycles. The number of hydrogen-bond acceptors (Lipinski definition) is 4. The van der Waals surface area contributed by atoms with Gasteiger partial charge in [-0.25, -0.2) is 0 Å². The van der Waals surface area contributed by atoms with Crippen molar-refractivity contribution in [2.75, 3.05) is 0 Å². The van der Waals surface area contributed by atoms with Gasteiger partial charge < -0.3 is 15.3 Å². The Morgan fingerprint density at radius 3 is 2.32 bits per heavy atom. The van der Waals surface area contributed by atoms with Crippen molar-refractivity contribution >= 4 is 5.78 Å². The van der Waals surface area contributed by atoms with Gasteiger partial charge in [0.15, 0.2) is 0 Å². The first kappa shape index (κ1) is 26.4. The summed E-state index contributed by atoms with van der Waals surface area (Å²) in [6, 6.07) is 0. The quantitative estimate of drug-likeness (QED) is 0.458. The zero-order valence-corrected chi connectivity index (χ0v) is 22.9. The number of aliphatic hydroxyl groups excluding tert-OH is 2. The van der Waals surface area contributed by atoms with E-state index in [4.69, 9.17) is 0 Å². The molecule has 194 valence electrons. The van der Waals surface area contributed by atoms with Crippen LogP contribution in [-0.2, 0) is 4.79 Å². The SMILES string of the molecule is CC(C)=CCCC(C)(O)C1CC[C@@]2(C)C3C[C@H](O)C4C(C)(C)C(=O)CCC4(C)C3CC(O)C12C. The highest BCUT2D eigenvalue weighted by molar-refractivity contribution is 5.85. The molecule has 0 radical (unpaired) electrons. The van der Waals surface area contributed by atoms with Gasteiger partial charge in [0.1, 0.15) is 5.78 Å². The highest BCUT2D eigenvalue weighted by atomic mass is 16.3. The van der Waals surface area contributed by atoms with E-state index in [2.05, 4.69) is 40.7 Å². The van der Waals surface area contributed by atoms with Crippen LogP contribution < -0.4 is 0 Å². The molecule has 0 aliphatic heterocycles. The molecular formula is C30H50O4. The maximum atomic E-state index is 12.9. The number of fused-ring (bicyclic) bond motifs is 5. The summed E-state index contributed by atoms with van der Waals surface area (Å²) in [4.78, 5) is 12.9. The van der Waals surface area contributed by atoms with Crippen molar-refractivity contribution in [2.45, 2.75) is 125 Å². The minimum absolute atomic E-state index is 0.0264. The van der Waals surface area contributed by atoms with E-state index >= 15 is 0 Å². The average Bonchev–Trinajstić information content (AvgIpc) is 3.00. The second-order valence-corrected chi connectivity index (χ2v) is 14.4. The summed E-state index contributed by atoms with van der Waals surface area (Å²) in [5.74, 6) is 0.814. The molecule has 0 spiro atoms. The summed E-state index contributed by atoms with van der Waals surface area (Å²) < 4.78 is 0. The molecule has 0 saturated heterocycles. The number of ketones is 1. The maximum Gasteiger partial charge on any atom is 0.138 e. The average molecular weight is 475 g/mol. The normalized spacial score (nSPS) is 49.4. The van der Waals surface area contributed by atoms with Gasteiger partial charge in [0.25, 0.3) is 0 Å². The first-order chi connectivity index (χ1) is 15.5. The minimum Gasteiger partial charge on any atom is -0.393 e. The third-order valence-corrected chi connectivity index (χ3v) is 12.2. The maximum absolute atomic E-state index is 12.9. The number of aliphatic hydroxyl groups is 3. The first-order valence-corrected chi connectivity index (χ1v) is 13.8. The van der Waals surface area contributed by atoms with Crippen molar-refractivity contribution in [1.82, 2.24) is 0 Å². The molecule has 0 aromatic heterocycles. The van der Waals surface area contributed by atoms with Gasteiger partial charge in [-0.2, -0.15) is 0 Å². The van der Waals surface area contributed by atoms with E-state index in [-0.39, 0.29) is 34.4 Å². The predicted molar refractivity (Wildman–Crippen MR) is 136 cm³/mol. The lowest BCUT2D eigenvalue weighted by Gasteiger charge is -2.68. The summed E-state index contributed by atoms with van der Waals surface area (Å²) in [7, 11) is 0. The van der Waals surface area contributed by atoms with E-state index in [0.29, 0.717) is 31.6 Å². The van der Waals surface area contributed by atoms with Crippen LogP contribution in [0.3, 0.4) is 0 Å². The number of rotatable bonds is 4. The Kier molecular flexibility index (Phi) is 6.32. The molecule has 4 aliphatic rings. The molecular weight excluding hydrogens is 424 g/mol. The monoisotopic (exact) mass is 474 g/mol. The first-order valence-electron chi connectivity index (χ1n) is 13.8. The topological polar surface area (TPSA) is 77.8 Å². The van der Waals surface area contributed by atoms with E-state index in [1.807, 2.05) is 20.8 Å². The molecule has 8 unspecified atom stereocenters. The van der Waals surface area contributed by atoms with Crippen molar-refractivity contribution in [3.05, 3.63) is 11.6 Å². The van der Waals surface area contributed by atoms with Crippen LogP contribution in [0.1, 0.15) is 107 Å². The lowest BCUT2D eigenvalue weighted by molar-refractivity contribution is -0.248. The molecule has 0 amide bonds. The predicted octanol–water partition coefficient (Wildman–Crippen LogP) is 5.68. The van der Waals surface area contributed by atoms with Gasteiger partial charge >= 0.3 is 0 Å². The van der Waals surface area contributed by atoms with Gasteiger partial charge in [0.2, 0.25) is 0 Å². The third-order valence-electron chi connectivity index (χ3n) is 12.2. The van der Waals surface area contributed by atoms with Crippen LogP contribution in [0.4, 0.5) is 0 Å². The van der Waals surface area contributed by atoms with Crippen molar-refractivity contribution in [1.29, 1.82) is 0 Å². The Morgan fingerprint density at radius 1 is 1.06 bits per heavy atom.